The molecule has 1 fully saturated rings. The molecule has 34 heavy (non-hydrogen) atoms. The number of aromatic nitrogens is 3. The second kappa shape index (κ2) is 12.3. The van der Waals surface area contributed by atoms with Gasteiger partial charge in [-0.25, -0.2) is 13.8 Å². The predicted molar refractivity (Wildman–Crippen MR) is 129 cm³/mol. The van der Waals surface area contributed by atoms with Gasteiger partial charge in [0, 0.05) is 24.5 Å². The molecule has 4 rings (SSSR count). The minimum absolute atomic E-state index is 0. The number of halogens is 5. The third-order valence-corrected chi connectivity index (χ3v) is 5.83. The van der Waals surface area contributed by atoms with Crippen LogP contribution in [-0.2, 0) is 11.3 Å². The zero-order valence-corrected chi connectivity index (χ0v) is 20.5. The number of thiazole rings is 1. The summed E-state index contributed by atoms with van der Waals surface area (Å²) in [5.74, 6) is -3.61. The SMILES string of the molecule is Cl.Cl.O=C(NCc1csc(N2CCOCC2)n1)c1cc(NC(=O)c2cc(F)c(F)cc2Cl)n[nH]1. The summed E-state index contributed by atoms with van der Waals surface area (Å²) < 4.78 is 31.9. The average Bonchev–Trinajstić information content (AvgIpc) is 3.45. The molecule has 1 aliphatic heterocycles. The molecule has 184 valence electrons. The molecule has 0 aliphatic carbocycles. The van der Waals surface area contributed by atoms with E-state index in [1.54, 1.807) is 0 Å². The summed E-state index contributed by atoms with van der Waals surface area (Å²) in [5, 5.41) is 13.9. The molecule has 0 saturated carbocycles. The van der Waals surface area contributed by atoms with Crippen molar-refractivity contribution in [3.8, 4) is 0 Å². The molecule has 3 heterocycles. The Labute approximate surface area is 214 Å². The van der Waals surface area contributed by atoms with E-state index in [-0.39, 0.29) is 53.5 Å². The lowest BCUT2D eigenvalue weighted by Crippen LogP contribution is -2.36. The van der Waals surface area contributed by atoms with E-state index in [0.29, 0.717) is 31.0 Å². The van der Waals surface area contributed by atoms with Crippen LogP contribution in [0.15, 0.2) is 23.6 Å². The largest absolute Gasteiger partial charge is 0.378 e. The molecular formula is C19H19Cl3F2N6O3S. The number of aromatic amines is 1. The summed E-state index contributed by atoms with van der Waals surface area (Å²) >= 11 is 7.29. The first-order valence-corrected chi connectivity index (χ1v) is 10.7. The summed E-state index contributed by atoms with van der Waals surface area (Å²) in [5.41, 5.74) is 0.547. The van der Waals surface area contributed by atoms with Gasteiger partial charge in [-0.15, -0.1) is 36.2 Å². The number of benzene rings is 1. The first-order chi connectivity index (χ1) is 15.4. The molecule has 0 radical (unpaired) electrons. The lowest BCUT2D eigenvalue weighted by Gasteiger charge is -2.26. The molecule has 2 amide bonds. The highest BCUT2D eigenvalue weighted by Gasteiger charge is 2.18. The lowest BCUT2D eigenvalue weighted by molar-refractivity contribution is 0.0944. The van der Waals surface area contributed by atoms with Crippen LogP contribution in [0.5, 0.6) is 0 Å². The Morgan fingerprint density at radius 1 is 1.15 bits per heavy atom. The maximum atomic E-state index is 13.4. The van der Waals surface area contributed by atoms with Crippen LogP contribution in [0.1, 0.15) is 26.5 Å². The molecule has 1 saturated heterocycles. The number of rotatable bonds is 6. The van der Waals surface area contributed by atoms with Crippen LogP contribution in [0.3, 0.4) is 0 Å². The van der Waals surface area contributed by atoms with E-state index in [1.807, 2.05) is 5.38 Å². The van der Waals surface area contributed by atoms with Gasteiger partial charge in [-0.3, -0.25) is 14.7 Å². The summed E-state index contributed by atoms with van der Waals surface area (Å²) in [6, 6.07) is 2.70. The van der Waals surface area contributed by atoms with E-state index in [1.165, 1.54) is 17.4 Å². The van der Waals surface area contributed by atoms with Crippen molar-refractivity contribution in [3.63, 3.8) is 0 Å². The van der Waals surface area contributed by atoms with Crippen molar-refractivity contribution in [1.29, 1.82) is 0 Å². The van der Waals surface area contributed by atoms with Crippen molar-refractivity contribution in [3.05, 3.63) is 57.2 Å². The van der Waals surface area contributed by atoms with Gasteiger partial charge in [-0.1, -0.05) is 11.6 Å². The van der Waals surface area contributed by atoms with Gasteiger partial charge in [0.05, 0.1) is 36.0 Å². The van der Waals surface area contributed by atoms with Crippen molar-refractivity contribution in [2.75, 3.05) is 36.5 Å². The van der Waals surface area contributed by atoms with Crippen LogP contribution in [0.25, 0.3) is 0 Å². The fourth-order valence-electron chi connectivity index (χ4n) is 2.93. The van der Waals surface area contributed by atoms with Gasteiger partial charge >= 0.3 is 0 Å². The zero-order valence-electron chi connectivity index (χ0n) is 17.3. The number of hydrogen-bond acceptors (Lipinski definition) is 7. The Kier molecular flexibility index (Phi) is 10.0. The lowest BCUT2D eigenvalue weighted by atomic mass is 10.2. The van der Waals surface area contributed by atoms with E-state index in [2.05, 4.69) is 30.7 Å². The molecule has 1 aromatic carbocycles. The number of nitrogens with zero attached hydrogens (tertiary/aromatic N) is 3. The van der Waals surface area contributed by atoms with E-state index in [4.69, 9.17) is 16.3 Å². The Morgan fingerprint density at radius 2 is 1.85 bits per heavy atom. The van der Waals surface area contributed by atoms with Crippen molar-refractivity contribution >= 4 is 70.5 Å². The predicted octanol–water partition coefficient (Wildman–Crippen LogP) is 3.66. The van der Waals surface area contributed by atoms with Gasteiger partial charge in [0.2, 0.25) is 0 Å². The Balaban J connectivity index is 0.00000204. The molecule has 0 unspecified atom stereocenters. The van der Waals surface area contributed by atoms with Crippen LogP contribution >= 0.6 is 47.8 Å². The molecule has 0 bridgehead atoms. The number of anilines is 2. The minimum Gasteiger partial charge on any atom is -0.378 e. The van der Waals surface area contributed by atoms with Crippen LogP contribution < -0.4 is 15.5 Å². The van der Waals surface area contributed by atoms with E-state index in [9.17, 15) is 18.4 Å². The molecule has 0 atom stereocenters. The average molecular weight is 556 g/mol. The third-order valence-electron chi connectivity index (χ3n) is 4.57. The van der Waals surface area contributed by atoms with Gasteiger partial charge in [-0.2, -0.15) is 5.10 Å². The Bertz CT molecular complexity index is 1160. The molecule has 2 aromatic heterocycles. The molecule has 3 N–H and O–H groups in total. The summed E-state index contributed by atoms with van der Waals surface area (Å²) in [4.78, 5) is 31.3. The summed E-state index contributed by atoms with van der Waals surface area (Å²) in [7, 11) is 0. The number of amides is 2. The van der Waals surface area contributed by atoms with Gasteiger partial charge in [0.15, 0.2) is 22.6 Å². The van der Waals surface area contributed by atoms with Gasteiger partial charge in [0.25, 0.3) is 11.8 Å². The second-order valence-electron chi connectivity index (χ2n) is 6.77. The number of nitrogens with one attached hydrogen (secondary N) is 3. The summed E-state index contributed by atoms with van der Waals surface area (Å²) in [6.07, 6.45) is 0. The minimum atomic E-state index is -1.21. The standard InChI is InChI=1S/C19H17ClF2N6O3S.2ClH/c20-12-6-14(22)13(21)5-11(12)17(29)25-16-7-15(26-27-16)18(30)23-8-10-9-32-19(24-10)28-1-3-31-4-2-28;;/h5-7,9H,1-4,8H2,(H,23,30)(H2,25,26,27,29);2*1H. The number of morpholine rings is 1. The molecule has 9 nitrogen and oxygen atoms in total. The van der Waals surface area contributed by atoms with E-state index < -0.39 is 23.4 Å². The van der Waals surface area contributed by atoms with Crippen LogP contribution in [0.2, 0.25) is 5.02 Å². The Hall–Kier alpha value is -2.51. The fraction of sp³-hybridized carbons (Fsp3) is 0.263. The van der Waals surface area contributed by atoms with E-state index >= 15 is 0 Å². The molecule has 1 aliphatic rings. The first kappa shape index (κ1) is 27.7. The molecule has 0 spiro atoms. The van der Waals surface area contributed by atoms with E-state index in [0.717, 1.165) is 18.2 Å². The smallest absolute Gasteiger partial charge is 0.269 e. The van der Waals surface area contributed by atoms with Gasteiger partial charge in [-0.05, 0) is 12.1 Å². The molecule has 3 aromatic rings. The zero-order chi connectivity index (χ0) is 22.7. The van der Waals surface area contributed by atoms with Crippen molar-refractivity contribution in [2.45, 2.75) is 6.54 Å². The number of ether oxygens (including phenoxy) is 1. The van der Waals surface area contributed by atoms with Gasteiger partial charge in [0.1, 0.15) is 5.69 Å². The quantitative estimate of drug-likeness (QED) is 0.400. The fourth-order valence-corrected chi connectivity index (χ4v) is 4.04. The topological polar surface area (TPSA) is 112 Å². The monoisotopic (exact) mass is 554 g/mol. The highest BCUT2D eigenvalue weighted by atomic mass is 35.5. The van der Waals surface area contributed by atoms with Gasteiger partial charge < -0.3 is 20.3 Å². The van der Waals surface area contributed by atoms with Crippen LogP contribution in [0, 0.1) is 11.6 Å². The maximum absolute atomic E-state index is 13.4. The maximum Gasteiger partial charge on any atom is 0.269 e. The van der Waals surface area contributed by atoms with Crippen molar-refractivity contribution in [2.24, 2.45) is 0 Å². The number of H-pyrrole nitrogens is 1. The summed E-state index contributed by atoms with van der Waals surface area (Å²) in [6.45, 7) is 3.08. The van der Waals surface area contributed by atoms with Crippen molar-refractivity contribution in [1.82, 2.24) is 20.5 Å². The van der Waals surface area contributed by atoms with Crippen LogP contribution in [0.4, 0.5) is 19.7 Å². The second-order valence-corrected chi connectivity index (χ2v) is 8.01. The Morgan fingerprint density at radius 3 is 2.59 bits per heavy atom. The third kappa shape index (κ3) is 6.54. The number of carbonyl (C=O) groups is 2. The highest BCUT2D eigenvalue weighted by Crippen LogP contribution is 2.22. The normalized spacial score (nSPS) is 13.0. The molecular weight excluding hydrogens is 537 g/mol. The highest BCUT2D eigenvalue weighted by molar-refractivity contribution is 7.13. The first-order valence-electron chi connectivity index (χ1n) is 9.47. The van der Waals surface area contributed by atoms with Crippen LogP contribution in [-0.4, -0.2) is 53.3 Å². The van der Waals surface area contributed by atoms with Crippen molar-refractivity contribution < 1.29 is 23.1 Å². The molecule has 15 heteroatoms. The number of hydrogen-bond donors (Lipinski definition) is 3. The number of carbonyl (C=O) groups excluding carboxylic acids is 2.